The van der Waals surface area contributed by atoms with Gasteiger partial charge in [0.1, 0.15) is 5.75 Å². The van der Waals surface area contributed by atoms with Gasteiger partial charge in [-0.25, -0.2) is 4.98 Å². The van der Waals surface area contributed by atoms with Crippen molar-refractivity contribution in [1.29, 1.82) is 0 Å². The van der Waals surface area contributed by atoms with Crippen LogP contribution in [-0.4, -0.2) is 17.8 Å². The second kappa shape index (κ2) is 7.07. The predicted molar refractivity (Wildman–Crippen MR) is 104 cm³/mol. The second-order valence-corrected chi connectivity index (χ2v) is 6.90. The first-order valence-electron chi connectivity index (χ1n) is 8.43. The number of benzene rings is 2. The molecule has 126 valence electrons. The van der Waals surface area contributed by atoms with E-state index in [1.807, 2.05) is 31.2 Å². The van der Waals surface area contributed by atoms with E-state index in [0.29, 0.717) is 6.61 Å². The van der Waals surface area contributed by atoms with Crippen LogP contribution in [0.2, 0.25) is 0 Å². The second-order valence-electron chi connectivity index (χ2n) is 5.82. The number of nitrogens with zero attached hydrogens (tertiary/aromatic N) is 2. The zero-order valence-electron chi connectivity index (χ0n) is 14.0. The molecule has 4 rings (SSSR count). The average Bonchev–Trinajstić information content (AvgIpc) is 3.07. The number of aromatic nitrogens is 1. The molecule has 5 heteroatoms. The number of ether oxygens (including phenoxy) is 1. The summed E-state index contributed by atoms with van der Waals surface area (Å²) in [6, 6.07) is 16.4. The first kappa shape index (κ1) is 15.8. The van der Waals surface area contributed by atoms with Gasteiger partial charge in [0.05, 0.1) is 18.5 Å². The molecule has 0 unspecified atom stereocenters. The van der Waals surface area contributed by atoms with Gasteiger partial charge in [0.15, 0.2) is 0 Å². The molecule has 0 atom stereocenters. The van der Waals surface area contributed by atoms with Crippen molar-refractivity contribution in [2.75, 3.05) is 12.0 Å². The van der Waals surface area contributed by atoms with E-state index in [0.717, 1.165) is 35.0 Å². The van der Waals surface area contributed by atoms with Crippen molar-refractivity contribution in [2.24, 2.45) is 5.10 Å². The predicted octanol–water partition coefficient (Wildman–Crippen LogP) is 4.75. The van der Waals surface area contributed by atoms with Gasteiger partial charge in [0.2, 0.25) is 5.13 Å². The third-order valence-corrected chi connectivity index (χ3v) is 5.18. The monoisotopic (exact) mass is 349 g/mol. The third-order valence-electron chi connectivity index (χ3n) is 4.16. The number of nitrogens with one attached hydrogen (secondary N) is 1. The summed E-state index contributed by atoms with van der Waals surface area (Å²) < 4.78 is 5.44. The molecule has 0 radical (unpaired) electrons. The van der Waals surface area contributed by atoms with Crippen LogP contribution in [0.5, 0.6) is 5.75 Å². The lowest BCUT2D eigenvalue weighted by Crippen LogP contribution is -2.01. The molecule has 3 aromatic rings. The van der Waals surface area contributed by atoms with E-state index in [1.165, 1.54) is 16.0 Å². The number of thiazole rings is 1. The summed E-state index contributed by atoms with van der Waals surface area (Å²) in [5.74, 6) is 0.874. The Morgan fingerprint density at radius 3 is 2.84 bits per heavy atom. The molecular formula is C20H19N3OS. The van der Waals surface area contributed by atoms with Crippen molar-refractivity contribution in [2.45, 2.75) is 19.8 Å². The summed E-state index contributed by atoms with van der Waals surface area (Å²) in [7, 11) is 0. The Bertz CT molecular complexity index is 900. The molecule has 1 N–H and O–H groups in total. The Morgan fingerprint density at radius 1 is 1.16 bits per heavy atom. The standard InChI is InChI=1S/C20H19N3OS/c1-2-24-16-10-7-14(8-11-16)13-21-23-20-22-19-17-6-4-3-5-15(17)9-12-18(19)25-20/h3-8,10-11,13H,2,9,12H2,1H3,(H,22,23)/b21-13+. The maximum atomic E-state index is 5.44. The Morgan fingerprint density at radius 2 is 2.00 bits per heavy atom. The lowest BCUT2D eigenvalue weighted by atomic mass is 9.94. The van der Waals surface area contributed by atoms with Crippen LogP contribution in [-0.2, 0) is 12.8 Å². The number of hydrogen-bond acceptors (Lipinski definition) is 5. The number of hydrogen-bond donors (Lipinski definition) is 1. The van der Waals surface area contributed by atoms with Crippen molar-refractivity contribution >= 4 is 22.7 Å². The smallest absolute Gasteiger partial charge is 0.204 e. The zero-order valence-corrected chi connectivity index (χ0v) is 14.8. The van der Waals surface area contributed by atoms with Gasteiger partial charge in [-0.05, 0) is 55.2 Å². The Kier molecular flexibility index (Phi) is 4.48. The Hall–Kier alpha value is -2.66. The summed E-state index contributed by atoms with van der Waals surface area (Å²) in [6.45, 7) is 2.65. The average molecular weight is 349 g/mol. The summed E-state index contributed by atoms with van der Waals surface area (Å²) in [4.78, 5) is 6.07. The summed E-state index contributed by atoms with van der Waals surface area (Å²) in [5, 5.41) is 5.16. The molecule has 25 heavy (non-hydrogen) atoms. The van der Waals surface area contributed by atoms with Crippen LogP contribution in [0.4, 0.5) is 5.13 Å². The number of fused-ring (bicyclic) bond motifs is 3. The van der Waals surface area contributed by atoms with Crippen molar-refractivity contribution in [3.63, 3.8) is 0 Å². The van der Waals surface area contributed by atoms with E-state index in [-0.39, 0.29) is 0 Å². The first-order chi connectivity index (χ1) is 12.3. The van der Waals surface area contributed by atoms with Crippen LogP contribution >= 0.6 is 11.3 Å². The van der Waals surface area contributed by atoms with Crippen molar-refractivity contribution in [3.8, 4) is 17.0 Å². The van der Waals surface area contributed by atoms with Crippen LogP contribution in [0, 0.1) is 0 Å². The van der Waals surface area contributed by atoms with E-state index in [9.17, 15) is 0 Å². The van der Waals surface area contributed by atoms with Crippen LogP contribution in [0.25, 0.3) is 11.3 Å². The molecule has 1 aliphatic rings. The lowest BCUT2D eigenvalue weighted by molar-refractivity contribution is 0.340. The number of hydrazone groups is 1. The van der Waals surface area contributed by atoms with Gasteiger partial charge in [-0.3, -0.25) is 5.43 Å². The molecule has 1 aromatic heterocycles. The lowest BCUT2D eigenvalue weighted by Gasteiger charge is -2.13. The fourth-order valence-corrected chi connectivity index (χ4v) is 3.90. The topological polar surface area (TPSA) is 46.5 Å². The van der Waals surface area contributed by atoms with E-state index < -0.39 is 0 Å². The Balaban J connectivity index is 1.47. The summed E-state index contributed by atoms with van der Waals surface area (Å²) in [6.07, 6.45) is 3.93. The molecule has 0 aliphatic heterocycles. The van der Waals surface area contributed by atoms with Crippen molar-refractivity contribution < 1.29 is 4.74 Å². The van der Waals surface area contributed by atoms with E-state index in [4.69, 9.17) is 9.72 Å². The maximum Gasteiger partial charge on any atom is 0.204 e. The molecule has 0 saturated carbocycles. The minimum atomic E-state index is 0.673. The van der Waals surface area contributed by atoms with Crippen LogP contribution in [0.15, 0.2) is 53.6 Å². The highest BCUT2D eigenvalue weighted by atomic mass is 32.1. The fraction of sp³-hybridized carbons (Fsp3) is 0.200. The quantitative estimate of drug-likeness (QED) is 0.534. The highest BCUT2D eigenvalue weighted by Crippen LogP contribution is 2.37. The Labute approximate surface area is 151 Å². The highest BCUT2D eigenvalue weighted by molar-refractivity contribution is 7.16. The molecule has 2 aromatic carbocycles. The van der Waals surface area contributed by atoms with E-state index in [1.54, 1.807) is 17.6 Å². The van der Waals surface area contributed by atoms with Crippen LogP contribution in [0.1, 0.15) is 22.9 Å². The molecule has 0 saturated heterocycles. The van der Waals surface area contributed by atoms with E-state index in [2.05, 4.69) is 34.8 Å². The molecule has 1 heterocycles. The molecule has 0 bridgehead atoms. The van der Waals surface area contributed by atoms with Gasteiger partial charge in [0.25, 0.3) is 0 Å². The van der Waals surface area contributed by atoms with Gasteiger partial charge in [-0.1, -0.05) is 35.6 Å². The van der Waals surface area contributed by atoms with Gasteiger partial charge in [-0.2, -0.15) is 5.10 Å². The van der Waals surface area contributed by atoms with Gasteiger partial charge >= 0.3 is 0 Å². The number of aryl methyl sites for hydroxylation is 2. The molecule has 0 amide bonds. The van der Waals surface area contributed by atoms with Crippen molar-refractivity contribution in [3.05, 3.63) is 64.5 Å². The maximum absolute atomic E-state index is 5.44. The molecule has 0 spiro atoms. The SMILES string of the molecule is CCOc1ccc(/C=N/Nc2nc3c(s2)CCc2ccccc2-3)cc1. The summed E-state index contributed by atoms with van der Waals surface area (Å²) in [5.41, 5.74) is 7.82. The van der Waals surface area contributed by atoms with Gasteiger partial charge in [0, 0.05) is 10.4 Å². The van der Waals surface area contributed by atoms with E-state index >= 15 is 0 Å². The highest BCUT2D eigenvalue weighted by Gasteiger charge is 2.20. The first-order valence-corrected chi connectivity index (χ1v) is 9.25. The minimum Gasteiger partial charge on any atom is -0.494 e. The molecule has 1 aliphatic carbocycles. The van der Waals surface area contributed by atoms with Gasteiger partial charge in [-0.15, -0.1) is 0 Å². The number of rotatable bonds is 5. The molecular weight excluding hydrogens is 330 g/mol. The van der Waals surface area contributed by atoms with Crippen molar-refractivity contribution in [1.82, 2.24) is 4.98 Å². The zero-order chi connectivity index (χ0) is 17.1. The molecule has 0 fully saturated rings. The summed E-state index contributed by atoms with van der Waals surface area (Å²) >= 11 is 1.69. The van der Waals surface area contributed by atoms with Crippen LogP contribution in [0.3, 0.4) is 0 Å². The fourth-order valence-electron chi connectivity index (χ4n) is 2.98. The molecule has 4 nitrogen and oxygen atoms in total. The third kappa shape index (κ3) is 3.42. The normalized spacial score (nSPS) is 12.7. The minimum absolute atomic E-state index is 0.673. The largest absolute Gasteiger partial charge is 0.494 e. The number of anilines is 1. The van der Waals surface area contributed by atoms with Crippen LogP contribution < -0.4 is 10.2 Å². The van der Waals surface area contributed by atoms with Gasteiger partial charge < -0.3 is 4.74 Å².